The molecule has 3 amide bonds. The average molecular weight is 402 g/mol. The number of hydrogen-bond donors (Lipinski definition) is 1. The molecule has 8 nitrogen and oxygen atoms in total. The van der Waals surface area contributed by atoms with E-state index < -0.39 is 12.2 Å². The Labute approximate surface area is 174 Å². The molecular formula is C22H22N6O2. The van der Waals surface area contributed by atoms with Crippen molar-refractivity contribution in [2.75, 3.05) is 17.7 Å². The van der Waals surface area contributed by atoms with Gasteiger partial charge in [0.2, 0.25) is 5.96 Å². The minimum atomic E-state index is -0.601. The normalized spacial score (nSPS) is 22.9. The van der Waals surface area contributed by atoms with Crippen molar-refractivity contribution in [3.05, 3.63) is 72.1 Å². The summed E-state index contributed by atoms with van der Waals surface area (Å²) in [6, 6.07) is 16.1. The summed E-state index contributed by atoms with van der Waals surface area (Å²) in [5, 5.41) is 0. The summed E-state index contributed by atoms with van der Waals surface area (Å²) >= 11 is 0. The Hall–Kier alpha value is -3.81. The first-order chi connectivity index (χ1) is 14.5. The zero-order valence-electron chi connectivity index (χ0n) is 16.8. The minimum absolute atomic E-state index is 0.229. The lowest BCUT2D eigenvalue weighted by Crippen LogP contribution is -2.63. The highest BCUT2D eigenvalue weighted by Gasteiger charge is 2.54. The maximum Gasteiger partial charge on any atom is 0.328 e. The molecule has 0 aromatic heterocycles. The van der Waals surface area contributed by atoms with Gasteiger partial charge in [-0.05, 0) is 24.6 Å². The number of hydrogen-bond acceptors (Lipinski definition) is 6. The first kappa shape index (κ1) is 18.2. The minimum Gasteiger partial charge on any atom is -0.397 e. The summed E-state index contributed by atoms with van der Waals surface area (Å²) in [4.78, 5) is 37.8. The third-order valence-electron chi connectivity index (χ3n) is 5.75. The van der Waals surface area contributed by atoms with Gasteiger partial charge in [-0.15, -0.1) is 0 Å². The van der Waals surface area contributed by atoms with E-state index in [1.807, 2.05) is 77.5 Å². The van der Waals surface area contributed by atoms with E-state index in [0.29, 0.717) is 11.6 Å². The number of urea groups is 1. The largest absolute Gasteiger partial charge is 0.397 e. The summed E-state index contributed by atoms with van der Waals surface area (Å²) in [6.45, 7) is 2.18. The van der Waals surface area contributed by atoms with E-state index in [2.05, 4.69) is 0 Å². The molecule has 152 valence electrons. The Morgan fingerprint density at radius 1 is 1.03 bits per heavy atom. The van der Waals surface area contributed by atoms with Crippen LogP contribution in [0.15, 0.2) is 71.5 Å². The first-order valence-corrected chi connectivity index (χ1v) is 9.78. The SMILES string of the molecule is CC1=CN2C(=NC3C2C(=O)N(Cc2ccccc2)C(=O)N3C)N1c1ccccc1N. The molecule has 3 aliphatic heterocycles. The zero-order chi connectivity index (χ0) is 21.0. The molecule has 0 aliphatic carbocycles. The highest BCUT2D eigenvalue weighted by atomic mass is 16.2. The van der Waals surface area contributed by atoms with Crippen molar-refractivity contribution < 1.29 is 9.59 Å². The highest BCUT2D eigenvalue weighted by Crippen LogP contribution is 2.38. The fraction of sp³-hybridized carbons (Fsp3) is 0.227. The lowest BCUT2D eigenvalue weighted by Gasteiger charge is -2.40. The van der Waals surface area contributed by atoms with Crippen molar-refractivity contribution in [2.45, 2.75) is 25.7 Å². The Balaban J connectivity index is 1.50. The maximum absolute atomic E-state index is 13.4. The number of para-hydroxylation sites is 2. The molecule has 1 saturated heterocycles. The molecular weight excluding hydrogens is 380 g/mol. The number of benzene rings is 2. The van der Waals surface area contributed by atoms with Gasteiger partial charge in [0.25, 0.3) is 5.91 Å². The molecule has 0 bridgehead atoms. The molecule has 1 fully saturated rings. The Morgan fingerprint density at radius 3 is 2.47 bits per heavy atom. The monoisotopic (exact) mass is 402 g/mol. The first-order valence-electron chi connectivity index (χ1n) is 9.78. The number of carbonyl (C=O) groups is 2. The lowest BCUT2D eigenvalue weighted by atomic mass is 10.1. The van der Waals surface area contributed by atoms with Gasteiger partial charge < -0.3 is 15.5 Å². The van der Waals surface area contributed by atoms with Crippen LogP contribution < -0.4 is 10.6 Å². The van der Waals surface area contributed by atoms with Gasteiger partial charge in [-0.25, -0.2) is 9.79 Å². The number of carbonyl (C=O) groups excluding carboxylic acids is 2. The van der Waals surface area contributed by atoms with Gasteiger partial charge in [0.05, 0.1) is 17.9 Å². The van der Waals surface area contributed by atoms with Gasteiger partial charge in [0.1, 0.15) is 0 Å². The second-order valence-corrected chi connectivity index (χ2v) is 7.66. The van der Waals surface area contributed by atoms with Gasteiger partial charge in [-0.2, -0.15) is 0 Å². The van der Waals surface area contributed by atoms with E-state index in [9.17, 15) is 9.59 Å². The smallest absolute Gasteiger partial charge is 0.328 e. The third kappa shape index (κ3) is 2.57. The second-order valence-electron chi connectivity index (χ2n) is 7.66. The summed E-state index contributed by atoms with van der Waals surface area (Å²) < 4.78 is 0. The number of amides is 3. The molecule has 8 heteroatoms. The molecule has 30 heavy (non-hydrogen) atoms. The quantitative estimate of drug-likeness (QED) is 0.797. The van der Waals surface area contributed by atoms with Crippen molar-refractivity contribution in [3.8, 4) is 0 Å². The number of imide groups is 1. The predicted octanol–water partition coefficient (Wildman–Crippen LogP) is 2.41. The van der Waals surface area contributed by atoms with Crippen LogP contribution in [0.5, 0.6) is 0 Å². The van der Waals surface area contributed by atoms with Crippen LogP contribution in [-0.2, 0) is 11.3 Å². The molecule has 2 N–H and O–H groups in total. The van der Waals surface area contributed by atoms with Crippen LogP contribution in [0.3, 0.4) is 0 Å². The number of likely N-dealkylation sites (N-methyl/N-ethyl adjacent to an activating group) is 1. The fourth-order valence-electron chi connectivity index (χ4n) is 4.25. The van der Waals surface area contributed by atoms with Crippen molar-refractivity contribution in [3.63, 3.8) is 0 Å². The lowest BCUT2D eigenvalue weighted by molar-refractivity contribution is -0.137. The number of anilines is 2. The van der Waals surface area contributed by atoms with Crippen molar-refractivity contribution in [1.29, 1.82) is 0 Å². The predicted molar refractivity (Wildman–Crippen MR) is 114 cm³/mol. The van der Waals surface area contributed by atoms with E-state index in [1.165, 1.54) is 9.80 Å². The van der Waals surface area contributed by atoms with Crippen LogP contribution >= 0.6 is 0 Å². The van der Waals surface area contributed by atoms with Crippen LogP contribution in [0.2, 0.25) is 0 Å². The highest BCUT2D eigenvalue weighted by molar-refractivity contribution is 6.10. The Morgan fingerprint density at radius 2 is 1.73 bits per heavy atom. The van der Waals surface area contributed by atoms with E-state index in [-0.39, 0.29) is 18.5 Å². The van der Waals surface area contributed by atoms with Crippen molar-refractivity contribution in [1.82, 2.24) is 14.7 Å². The molecule has 2 aromatic rings. The molecule has 5 rings (SSSR count). The van der Waals surface area contributed by atoms with Gasteiger partial charge >= 0.3 is 6.03 Å². The number of nitrogens with zero attached hydrogens (tertiary/aromatic N) is 5. The van der Waals surface area contributed by atoms with Crippen LogP contribution in [0, 0.1) is 0 Å². The number of nitrogens with two attached hydrogens (primary N) is 1. The molecule has 0 saturated carbocycles. The average Bonchev–Trinajstić information content (AvgIpc) is 3.26. The number of aliphatic imine (C=N–C) groups is 1. The van der Waals surface area contributed by atoms with E-state index in [4.69, 9.17) is 10.7 Å². The third-order valence-corrected chi connectivity index (χ3v) is 5.75. The topological polar surface area (TPSA) is 85.5 Å². The van der Waals surface area contributed by atoms with Crippen molar-refractivity contribution >= 4 is 29.3 Å². The van der Waals surface area contributed by atoms with E-state index in [1.54, 1.807) is 7.05 Å². The van der Waals surface area contributed by atoms with Crippen LogP contribution in [0.25, 0.3) is 0 Å². The summed E-state index contributed by atoms with van der Waals surface area (Å²) in [6.07, 6.45) is 1.32. The molecule has 2 aromatic carbocycles. The zero-order valence-corrected chi connectivity index (χ0v) is 16.8. The Kier molecular flexibility index (Phi) is 4.02. The van der Waals surface area contributed by atoms with Gasteiger partial charge in [0.15, 0.2) is 12.2 Å². The van der Waals surface area contributed by atoms with E-state index >= 15 is 0 Å². The standard InChI is InChI=1S/C22H22N6O2/c1-14-12-26-18-19(24-21(26)28(14)17-11-7-6-10-16(17)23)25(2)22(30)27(20(18)29)13-15-8-4-3-5-9-15/h3-12,18-19H,13,23H2,1-2H3. The maximum atomic E-state index is 13.4. The molecule has 2 atom stereocenters. The molecule has 2 unspecified atom stereocenters. The van der Waals surface area contributed by atoms with Gasteiger partial charge in [-0.1, -0.05) is 42.5 Å². The number of guanidine groups is 1. The molecule has 0 spiro atoms. The second kappa shape index (κ2) is 6.62. The number of rotatable bonds is 3. The molecule has 3 aliphatic rings. The Bertz CT molecular complexity index is 1100. The van der Waals surface area contributed by atoms with E-state index in [0.717, 1.165) is 16.9 Å². The van der Waals surface area contributed by atoms with Crippen molar-refractivity contribution in [2.24, 2.45) is 4.99 Å². The molecule has 0 radical (unpaired) electrons. The van der Waals surface area contributed by atoms with Gasteiger partial charge in [0, 0.05) is 18.9 Å². The summed E-state index contributed by atoms with van der Waals surface area (Å²) in [5.74, 6) is 0.354. The van der Waals surface area contributed by atoms with Gasteiger partial charge in [-0.3, -0.25) is 14.6 Å². The van der Waals surface area contributed by atoms with Crippen LogP contribution in [0.4, 0.5) is 16.2 Å². The van der Waals surface area contributed by atoms with Crippen LogP contribution in [0.1, 0.15) is 12.5 Å². The number of fused-ring (bicyclic) bond motifs is 3. The fourth-order valence-corrected chi connectivity index (χ4v) is 4.25. The number of allylic oxidation sites excluding steroid dienone is 1. The van der Waals surface area contributed by atoms with Crippen LogP contribution in [-0.4, -0.2) is 51.9 Å². The number of nitrogen functional groups attached to an aromatic ring is 1. The summed E-state index contributed by atoms with van der Waals surface area (Å²) in [5.41, 5.74) is 9.42. The summed E-state index contributed by atoms with van der Waals surface area (Å²) in [7, 11) is 1.69. The molecule has 3 heterocycles.